The number of rotatable bonds is 4. The predicted molar refractivity (Wildman–Crippen MR) is 67.7 cm³/mol. The van der Waals surface area contributed by atoms with Crippen LogP contribution in [0.2, 0.25) is 0 Å². The molecule has 0 aliphatic heterocycles. The van der Waals surface area contributed by atoms with Gasteiger partial charge in [0.1, 0.15) is 28.6 Å². The molecule has 0 saturated carbocycles. The largest absolute Gasteiger partial charge is 0.477 e. The highest BCUT2D eigenvalue weighted by Crippen LogP contribution is 2.26. The first-order chi connectivity index (χ1) is 9.49. The molecule has 102 valence electrons. The third-order valence-electron chi connectivity index (χ3n) is 2.51. The third-order valence-corrected chi connectivity index (χ3v) is 2.51. The van der Waals surface area contributed by atoms with Gasteiger partial charge in [-0.05, 0) is 24.3 Å². The van der Waals surface area contributed by atoms with Crippen LogP contribution in [0.25, 0.3) is 0 Å². The van der Waals surface area contributed by atoms with E-state index < -0.39 is 17.3 Å². The number of Topliss-reactive ketones (excluding diaryl/α,β-unsaturated/α-hetero) is 1. The van der Waals surface area contributed by atoms with Crippen molar-refractivity contribution < 1.29 is 23.8 Å². The lowest BCUT2D eigenvalue weighted by molar-refractivity contribution is 0.0688. The van der Waals surface area contributed by atoms with E-state index in [0.29, 0.717) is 0 Å². The summed E-state index contributed by atoms with van der Waals surface area (Å²) in [5.41, 5.74) is -0.293. The Bertz CT molecular complexity index is 667. The quantitative estimate of drug-likeness (QED) is 0.868. The minimum Gasteiger partial charge on any atom is -0.477 e. The summed E-state index contributed by atoms with van der Waals surface area (Å²) in [6, 6.07) is 6.62. The summed E-state index contributed by atoms with van der Waals surface area (Å²) < 4.78 is 18.7. The van der Waals surface area contributed by atoms with E-state index in [1.54, 1.807) is 0 Å². The van der Waals surface area contributed by atoms with Gasteiger partial charge in [0.05, 0.1) is 6.20 Å². The molecule has 20 heavy (non-hydrogen) atoms. The highest BCUT2D eigenvalue weighted by molar-refractivity contribution is 5.92. The second-order valence-electron chi connectivity index (χ2n) is 3.96. The second-order valence-corrected chi connectivity index (χ2v) is 3.96. The number of aromatic nitrogens is 1. The summed E-state index contributed by atoms with van der Waals surface area (Å²) in [6.45, 7) is 1.37. The van der Waals surface area contributed by atoms with E-state index in [0.717, 1.165) is 6.07 Å². The summed E-state index contributed by atoms with van der Waals surface area (Å²) in [6.07, 6.45) is 1.27. The van der Waals surface area contributed by atoms with Crippen molar-refractivity contribution in [1.29, 1.82) is 0 Å². The van der Waals surface area contributed by atoms with Gasteiger partial charge >= 0.3 is 5.97 Å². The Morgan fingerprint density at radius 3 is 2.55 bits per heavy atom. The molecule has 2 aromatic rings. The minimum absolute atomic E-state index is 0.130. The van der Waals surface area contributed by atoms with E-state index >= 15 is 0 Å². The molecule has 0 radical (unpaired) electrons. The maximum atomic E-state index is 13.5. The summed E-state index contributed by atoms with van der Waals surface area (Å²) in [4.78, 5) is 25.9. The fraction of sp³-hybridized carbons (Fsp3) is 0.0714. The zero-order valence-electron chi connectivity index (χ0n) is 10.5. The van der Waals surface area contributed by atoms with Gasteiger partial charge in [0.2, 0.25) is 0 Å². The Labute approximate surface area is 113 Å². The number of halogens is 1. The van der Waals surface area contributed by atoms with Gasteiger partial charge in [0.15, 0.2) is 5.78 Å². The van der Waals surface area contributed by atoms with Crippen LogP contribution in [0.1, 0.15) is 27.8 Å². The summed E-state index contributed by atoms with van der Waals surface area (Å²) in [5.74, 6) is -2.43. The minimum atomic E-state index is -1.42. The normalized spacial score (nSPS) is 10.1. The molecule has 6 heteroatoms. The van der Waals surface area contributed by atoms with Crippen molar-refractivity contribution in [3.8, 4) is 11.5 Å². The first-order valence-electron chi connectivity index (χ1n) is 5.65. The van der Waals surface area contributed by atoms with Crippen molar-refractivity contribution in [2.45, 2.75) is 6.92 Å². The van der Waals surface area contributed by atoms with Crippen LogP contribution in [0.3, 0.4) is 0 Å². The van der Waals surface area contributed by atoms with E-state index in [2.05, 4.69) is 4.98 Å². The molecular formula is C14H10FNO4. The van der Waals surface area contributed by atoms with Crippen LogP contribution < -0.4 is 4.74 Å². The van der Waals surface area contributed by atoms with Crippen molar-refractivity contribution in [3.63, 3.8) is 0 Å². The zero-order chi connectivity index (χ0) is 14.7. The van der Waals surface area contributed by atoms with E-state index in [9.17, 15) is 14.0 Å². The number of ether oxygens (including phenoxy) is 1. The van der Waals surface area contributed by atoms with Crippen molar-refractivity contribution in [2.24, 2.45) is 0 Å². The fourth-order valence-electron chi connectivity index (χ4n) is 1.57. The Balaban J connectivity index is 2.33. The van der Waals surface area contributed by atoms with Crippen molar-refractivity contribution >= 4 is 11.8 Å². The maximum Gasteiger partial charge on any atom is 0.342 e. The van der Waals surface area contributed by atoms with Gasteiger partial charge in [-0.15, -0.1) is 0 Å². The Hall–Kier alpha value is -2.76. The van der Waals surface area contributed by atoms with Crippen molar-refractivity contribution in [3.05, 3.63) is 53.6 Å². The van der Waals surface area contributed by atoms with E-state index in [1.807, 2.05) is 0 Å². The summed E-state index contributed by atoms with van der Waals surface area (Å²) >= 11 is 0. The molecule has 1 N–H and O–H groups in total. The van der Waals surface area contributed by atoms with Gasteiger partial charge in [-0.25, -0.2) is 14.2 Å². The fourth-order valence-corrected chi connectivity index (χ4v) is 1.57. The Kier molecular flexibility index (Phi) is 3.74. The van der Waals surface area contributed by atoms with Gasteiger partial charge in [-0.2, -0.15) is 0 Å². The molecule has 0 bridgehead atoms. The van der Waals surface area contributed by atoms with Crippen LogP contribution in [0.4, 0.5) is 4.39 Å². The van der Waals surface area contributed by atoms with Crippen LogP contribution in [0.5, 0.6) is 11.5 Å². The monoisotopic (exact) mass is 275 g/mol. The predicted octanol–water partition coefficient (Wildman–Crippen LogP) is 2.91. The number of ketones is 1. The number of carbonyl (C=O) groups excluding carboxylic acids is 1. The second kappa shape index (κ2) is 5.48. The molecule has 0 unspecified atom stereocenters. The number of carbonyl (C=O) groups is 2. The number of nitrogens with zero attached hydrogens (tertiary/aromatic N) is 1. The van der Waals surface area contributed by atoms with Gasteiger partial charge < -0.3 is 9.84 Å². The molecule has 1 aromatic carbocycles. The molecular weight excluding hydrogens is 265 g/mol. The van der Waals surface area contributed by atoms with Gasteiger partial charge in [-0.1, -0.05) is 6.07 Å². The topological polar surface area (TPSA) is 76.5 Å². The van der Waals surface area contributed by atoms with Crippen LogP contribution >= 0.6 is 0 Å². The van der Waals surface area contributed by atoms with Crippen LogP contribution in [0, 0.1) is 5.82 Å². The molecule has 1 heterocycles. The van der Waals surface area contributed by atoms with Crippen molar-refractivity contribution in [2.75, 3.05) is 0 Å². The van der Waals surface area contributed by atoms with E-state index in [4.69, 9.17) is 9.84 Å². The first kappa shape index (κ1) is 13.7. The number of carboxylic acid groups (broad SMARTS) is 1. The SMILES string of the molecule is CC(=O)c1ccc(Oc2cccc(F)c2C(=O)O)cn1. The molecule has 0 spiro atoms. The highest BCUT2D eigenvalue weighted by Gasteiger charge is 2.17. The molecule has 0 aliphatic carbocycles. The molecule has 0 amide bonds. The molecule has 5 nitrogen and oxygen atoms in total. The Morgan fingerprint density at radius 1 is 1.25 bits per heavy atom. The standard InChI is InChI=1S/C14H10FNO4/c1-8(17)11-6-5-9(7-16-11)20-12-4-2-3-10(15)13(12)14(18)19/h2-7H,1H3,(H,18,19). The number of pyridine rings is 1. The molecule has 0 saturated heterocycles. The lowest BCUT2D eigenvalue weighted by Gasteiger charge is -2.09. The van der Waals surface area contributed by atoms with E-state index in [-0.39, 0.29) is 23.0 Å². The zero-order valence-corrected chi connectivity index (χ0v) is 10.5. The average molecular weight is 275 g/mol. The number of carboxylic acids is 1. The first-order valence-corrected chi connectivity index (χ1v) is 5.65. The summed E-state index contributed by atoms with van der Waals surface area (Å²) in [5, 5.41) is 8.96. The number of hydrogen-bond acceptors (Lipinski definition) is 4. The maximum absolute atomic E-state index is 13.5. The van der Waals surface area contributed by atoms with Gasteiger partial charge in [0, 0.05) is 6.92 Å². The van der Waals surface area contributed by atoms with Crippen LogP contribution in [-0.2, 0) is 0 Å². The summed E-state index contributed by atoms with van der Waals surface area (Å²) in [7, 11) is 0. The number of hydrogen-bond donors (Lipinski definition) is 1. The molecule has 2 rings (SSSR count). The van der Waals surface area contributed by atoms with Crippen LogP contribution in [-0.4, -0.2) is 21.8 Å². The van der Waals surface area contributed by atoms with Crippen LogP contribution in [0.15, 0.2) is 36.5 Å². The Morgan fingerprint density at radius 2 is 2.00 bits per heavy atom. The number of benzene rings is 1. The lowest BCUT2D eigenvalue weighted by Crippen LogP contribution is -2.04. The molecule has 0 aliphatic rings. The molecule has 0 atom stereocenters. The third kappa shape index (κ3) is 2.80. The molecule has 1 aromatic heterocycles. The highest BCUT2D eigenvalue weighted by atomic mass is 19.1. The number of aromatic carboxylic acids is 1. The van der Waals surface area contributed by atoms with E-state index in [1.165, 1.54) is 37.4 Å². The van der Waals surface area contributed by atoms with Gasteiger partial charge in [-0.3, -0.25) is 4.79 Å². The van der Waals surface area contributed by atoms with Gasteiger partial charge in [0.25, 0.3) is 0 Å². The smallest absolute Gasteiger partial charge is 0.342 e. The van der Waals surface area contributed by atoms with Crippen molar-refractivity contribution in [1.82, 2.24) is 4.98 Å². The lowest BCUT2D eigenvalue weighted by atomic mass is 10.2. The molecule has 0 fully saturated rings. The average Bonchev–Trinajstić information content (AvgIpc) is 2.39.